The van der Waals surface area contributed by atoms with Gasteiger partial charge in [-0.2, -0.15) is 0 Å². The van der Waals surface area contributed by atoms with Crippen molar-refractivity contribution in [2.45, 2.75) is 57.7 Å². The molecule has 1 aliphatic carbocycles. The second-order valence-electron chi connectivity index (χ2n) is 5.96. The van der Waals surface area contributed by atoms with Gasteiger partial charge in [0.25, 0.3) is 0 Å². The smallest absolute Gasteiger partial charge is 0.0422 e. The molecule has 20 heavy (non-hydrogen) atoms. The summed E-state index contributed by atoms with van der Waals surface area (Å²) >= 11 is 2.07. The molecule has 0 amide bonds. The van der Waals surface area contributed by atoms with Gasteiger partial charge in [-0.05, 0) is 37.6 Å². The maximum absolute atomic E-state index is 5.69. The first-order valence-electron chi connectivity index (χ1n) is 8.07. The van der Waals surface area contributed by atoms with Crippen molar-refractivity contribution in [2.24, 2.45) is 17.6 Å². The average molecular weight is 297 g/mol. The van der Waals surface area contributed by atoms with Crippen LogP contribution in [0, 0.1) is 11.8 Å². The zero-order valence-corrected chi connectivity index (χ0v) is 14.2. The second-order valence-corrected chi connectivity index (χ2v) is 7.19. The topological polar surface area (TPSA) is 38.0 Å². The molecule has 4 unspecified atom stereocenters. The quantitative estimate of drug-likeness (QED) is 0.666. The van der Waals surface area contributed by atoms with Gasteiger partial charge in [0.05, 0.1) is 0 Å². The Kier molecular flexibility index (Phi) is 9.32. The van der Waals surface area contributed by atoms with Crippen LogP contribution in [0.15, 0.2) is 24.3 Å². The minimum Gasteiger partial charge on any atom is -0.330 e. The fourth-order valence-corrected chi connectivity index (χ4v) is 4.05. The highest BCUT2D eigenvalue weighted by atomic mass is 32.2. The summed E-state index contributed by atoms with van der Waals surface area (Å²) in [5, 5.41) is 4.39. The van der Waals surface area contributed by atoms with E-state index in [-0.39, 0.29) is 0 Å². The lowest BCUT2D eigenvalue weighted by molar-refractivity contribution is 0.481. The first-order valence-corrected chi connectivity index (χ1v) is 9.12. The van der Waals surface area contributed by atoms with E-state index in [1.54, 1.807) is 0 Å². The van der Waals surface area contributed by atoms with Gasteiger partial charge in [0.15, 0.2) is 0 Å². The van der Waals surface area contributed by atoms with E-state index in [0.717, 1.165) is 18.8 Å². The maximum atomic E-state index is 5.69. The number of nitrogens with two attached hydrogens (primary N) is 1. The summed E-state index contributed by atoms with van der Waals surface area (Å²) in [6.45, 7) is 7.68. The average Bonchev–Trinajstić information content (AvgIpc) is 2.41. The van der Waals surface area contributed by atoms with Gasteiger partial charge < -0.3 is 11.1 Å². The predicted molar refractivity (Wildman–Crippen MR) is 93.0 cm³/mol. The molecule has 116 valence electrons. The van der Waals surface area contributed by atoms with Crippen molar-refractivity contribution < 1.29 is 0 Å². The predicted octanol–water partition coefficient (Wildman–Crippen LogP) is 3.94. The van der Waals surface area contributed by atoms with Crippen LogP contribution >= 0.6 is 11.8 Å². The molecule has 1 aliphatic rings. The number of hydrogen-bond donors (Lipinski definition) is 2. The Morgan fingerprint density at radius 3 is 2.70 bits per heavy atom. The molecule has 0 spiro atoms. The van der Waals surface area contributed by atoms with E-state index in [1.807, 2.05) is 0 Å². The van der Waals surface area contributed by atoms with Gasteiger partial charge in [-0.15, -0.1) is 11.8 Å². The normalized spacial score (nSPS) is 31.3. The Balaban J connectivity index is 2.38. The third-order valence-electron chi connectivity index (χ3n) is 3.98. The molecule has 0 aromatic rings. The Bertz CT molecular complexity index is 295. The molecular weight excluding hydrogens is 264 g/mol. The lowest BCUT2D eigenvalue weighted by atomic mass is 9.94. The summed E-state index contributed by atoms with van der Waals surface area (Å²) in [6.07, 6.45) is 13.9. The summed E-state index contributed by atoms with van der Waals surface area (Å²) in [4.78, 5) is 0. The van der Waals surface area contributed by atoms with Gasteiger partial charge in [0.1, 0.15) is 0 Å². The van der Waals surface area contributed by atoms with Crippen molar-refractivity contribution in [3.8, 4) is 0 Å². The van der Waals surface area contributed by atoms with E-state index in [0.29, 0.717) is 23.1 Å². The molecule has 0 saturated heterocycles. The lowest BCUT2D eigenvalue weighted by Gasteiger charge is -2.26. The molecule has 2 nitrogen and oxygen atoms in total. The summed E-state index contributed by atoms with van der Waals surface area (Å²) in [7, 11) is 0. The van der Waals surface area contributed by atoms with E-state index < -0.39 is 0 Å². The van der Waals surface area contributed by atoms with Crippen molar-refractivity contribution in [1.82, 2.24) is 5.32 Å². The molecule has 4 atom stereocenters. The Morgan fingerprint density at radius 1 is 1.25 bits per heavy atom. The van der Waals surface area contributed by atoms with Crippen LogP contribution in [0.3, 0.4) is 0 Å². The molecule has 0 radical (unpaired) electrons. The molecule has 0 heterocycles. The van der Waals surface area contributed by atoms with Crippen LogP contribution in [-0.2, 0) is 0 Å². The van der Waals surface area contributed by atoms with Crippen molar-refractivity contribution in [3.05, 3.63) is 24.3 Å². The van der Waals surface area contributed by atoms with Crippen LogP contribution in [0.25, 0.3) is 0 Å². The van der Waals surface area contributed by atoms with Gasteiger partial charge in [-0.25, -0.2) is 0 Å². The van der Waals surface area contributed by atoms with E-state index in [2.05, 4.69) is 62.2 Å². The van der Waals surface area contributed by atoms with Crippen LogP contribution in [-0.4, -0.2) is 23.7 Å². The number of rotatable bonds is 8. The molecule has 3 N–H and O–H groups in total. The van der Waals surface area contributed by atoms with E-state index in [9.17, 15) is 0 Å². The first-order chi connectivity index (χ1) is 9.67. The lowest BCUT2D eigenvalue weighted by Crippen LogP contribution is -2.32. The molecule has 0 bridgehead atoms. The van der Waals surface area contributed by atoms with E-state index in [4.69, 9.17) is 5.73 Å². The fraction of sp³-hybridized carbons (Fsp3) is 0.765. The highest BCUT2D eigenvalue weighted by Crippen LogP contribution is 2.28. The molecule has 3 heteroatoms. The van der Waals surface area contributed by atoms with Crippen molar-refractivity contribution in [3.63, 3.8) is 0 Å². The van der Waals surface area contributed by atoms with Crippen molar-refractivity contribution >= 4 is 11.8 Å². The maximum Gasteiger partial charge on any atom is 0.0422 e. The zero-order chi connectivity index (χ0) is 14.8. The van der Waals surface area contributed by atoms with Crippen LogP contribution in [0.5, 0.6) is 0 Å². The van der Waals surface area contributed by atoms with Gasteiger partial charge in [0.2, 0.25) is 0 Å². The second kappa shape index (κ2) is 10.5. The van der Waals surface area contributed by atoms with E-state index >= 15 is 0 Å². The standard InChI is InChI=1S/C17H32N2S/c1-4-7-16(10-11-18)19-13-20-17-12-14(2)8-5-6-9-15(17)3/h5-6,8-9,14-17,19H,4,7,10-13,18H2,1-3H3/b8-5-,9-6-. The highest BCUT2D eigenvalue weighted by Gasteiger charge is 2.19. The largest absolute Gasteiger partial charge is 0.330 e. The molecule has 0 fully saturated rings. The minimum absolute atomic E-state index is 0.592. The Labute approximate surface area is 129 Å². The zero-order valence-electron chi connectivity index (χ0n) is 13.3. The van der Waals surface area contributed by atoms with Crippen LogP contribution in [0.2, 0.25) is 0 Å². The summed E-state index contributed by atoms with van der Waals surface area (Å²) in [6, 6.07) is 0.592. The first kappa shape index (κ1) is 17.8. The SMILES string of the molecule is CCCC(CCN)NCSC1CC(C)/C=C\C=C/C1C. The Morgan fingerprint density at radius 2 is 2.00 bits per heavy atom. The summed E-state index contributed by atoms with van der Waals surface area (Å²) < 4.78 is 0. The van der Waals surface area contributed by atoms with Crippen LogP contribution in [0.4, 0.5) is 0 Å². The van der Waals surface area contributed by atoms with Gasteiger partial charge in [-0.3, -0.25) is 0 Å². The number of hydrogen-bond acceptors (Lipinski definition) is 3. The number of thioether (sulfide) groups is 1. The van der Waals surface area contributed by atoms with Crippen molar-refractivity contribution in [1.29, 1.82) is 0 Å². The third kappa shape index (κ3) is 6.96. The molecule has 1 rings (SSSR count). The highest BCUT2D eigenvalue weighted by molar-refractivity contribution is 7.99. The number of nitrogens with one attached hydrogen (secondary N) is 1. The van der Waals surface area contributed by atoms with Gasteiger partial charge in [0, 0.05) is 17.2 Å². The number of allylic oxidation sites excluding steroid dienone is 4. The van der Waals surface area contributed by atoms with E-state index in [1.165, 1.54) is 19.3 Å². The van der Waals surface area contributed by atoms with Gasteiger partial charge in [-0.1, -0.05) is 51.5 Å². The molecule has 0 aromatic carbocycles. The minimum atomic E-state index is 0.592. The fourth-order valence-electron chi connectivity index (χ4n) is 2.67. The Hall–Kier alpha value is -0.250. The third-order valence-corrected chi connectivity index (χ3v) is 5.36. The summed E-state index contributed by atoms with van der Waals surface area (Å²) in [5.41, 5.74) is 5.69. The molecular formula is C17H32N2S. The molecule has 0 aromatic heterocycles. The summed E-state index contributed by atoms with van der Waals surface area (Å²) in [5.74, 6) is 2.37. The van der Waals surface area contributed by atoms with Gasteiger partial charge >= 0.3 is 0 Å². The van der Waals surface area contributed by atoms with Crippen LogP contribution in [0.1, 0.15) is 46.5 Å². The van der Waals surface area contributed by atoms with Crippen molar-refractivity contribution in [2.75, 3.05) is 12.4 Å². The monoisotopic (exact) mass is 296 g/mol. The molecule has 0 saturated carbocycles. The molecule has 0 aliphatic heterocycles. The van der Waals surface area contributed by atoms with Crippen LogP contribution < -0.4 is 11.1 Å².